The smallest absolute Gasteiger partial charge is 0.231 e. The van der Waals surface area contributed by atoms with Crippen molar-refractivity contribution < 1.29 is 9.47 Å². The summed E-state index contributed by atoms with van der Waals surface area (Å²) in [6, 6.07) is 6.00. The summed E-state index contributed by atoms with van der Waals surface area (Å²) in [4.78, 5) is 5.54. The van der Waals surface area contributed by atoms with Gasteiger partial charge < -0.3 is 14.8 Å². The van der Waals surface area contributed by atoms with Crippen molar-refractivity contribution in [2.75, 3.05) is 13.8 Å². The number of benzene rings is 1. The molecule has 3 rings (SSSR count). The molecule has 2 aromatic rings. The molecule has 1 aromatic heterocycles. The predicted octanol–water partition coefficient (Wildman–Crippen LogP) is 2.26. The SMILES string of the molecule is CNCc1ncsc1-c1ccc2c(c1)OCO2. The molecule has 0 saturated carbocycles. The minimum atomic E-state index is 0.310. The highest BCUT2D eigenvalue weighted by Crippen LogP contribution is 2.37. The Morgan fingerprint density at radius 2 is 2.24 bits per heavy atom. The number of hydrogen-bond donors (Lipinski definition) is 1. The first kappa shape index (κ1) is 10.6. The lowest BCUT2D eigenvalue weighted by Gasteiger charge is -2.03. The molecule has 0 spiro atoms. The molecule has 5 heteroatoms. The van der Waals surface area contributed by atoms with Gasteiger partial charge in [0.15, 0.2) is 11.5 Å². The summed E-state index contributed by atoms with van der Waals surface area (Å²) in [5.41, 5.74) is 4.06. The van der Waals surface area contributed by atoms with E-state index in [-0.39, 0.29) is 0 Å². The quantitative estimate of drug-likeness (QED) is 0.904. The molecule has 0 amide bonds. The Hall–Kier alpha value is -1.59. The maximum atomic E-state index is 5.38. The number of nitrogens with one attached hydrogen (secondary N) is 1. The van der Waals surface area contributed by atoms with Crippen molar-refractivity contribution in [3.8, 4) is 21.9 Å². The Labute approximate surface area is 103 Å². The fourth-order valence-corrected chi connectivity index (χ4v) is 2.64. The molecule has 1 aromatic carbocycles. The number of hydrogen-bond acceptors (Lipinski definition) is 5. The van der Waals surface area contributed by atoms with Crippen molar-refractivity contribution in [2.24, 2.45) is 0 Å². The van der Waals surface area contributed by atoms with Crippen LogP contribution in [0.5, 0.6) is 11.5 Å². The highest BCUT2D eigenvalue weighted by Gasteiger charge is 2.16. The van der Waals surface area contributed by atoms with E-state index in [9.17, 15) is 0 Å². The Morgan fingerprint density at radius 3 is 3.12 bits per heavy atom. The molecule has 0 aliphatic carbocycles. The lowest BCUT2D eigenvalue weighted by molar-refractivity contribution is 0.174. The van der Waals surface area contributed by atoms with Gasteiger partial charge in [0.25, 0.3) is 0 Å². The summed E-state index contributed by atoms with van der Waals surface area (Å²) in [6.45, 7) is 1.08. The minimum absolute atomic E-state index is 0.310. The molecule has 0 radical (unpaired) electrons. The van der Waals surface area contributed by atoms with Crippen molar-refractivity contribution in [3.63, 3.8) is 0 Å². The Balaban J connectivity index is 2.00. The summed E-state index contributed by atoms with van der Waals surface area (Å²) >= 11 is 1.64. The molecule has 1 aliphatic rings. The van der Waals surface area contributed by atoms with Gasteiger partial charge in [0.1, 0.15) is 0 Å². The molecule has 1 aliphatic heterocycles. The average molecular weight is 248 g/mol. The summed E-state index contributed by atoms with van der Waals surface area (Å²) in [5, 5.41) is 3.12. The average Bonchev–Trinajstić information content (AvgIpc) is 2.96. The first-order chi connectivity index (χ1) is 8.38. The van der Waals surface area contributed by atoms with Crippen LogP contribution in [0.2, 0.25) is 0 Å². The second kappa shape index (κ2) is 4.35. The van der Waals surface area contributed by atoms with Gasteiger partial charge in [0, 0.05) is 6.54 Å². The van der Waals surface area contributed by atoms with Crippen LogP contribution in [0.3, 0.4) is 0 Å². The molecule has 1 N–H and O–H groups in total. The van der Waals surface area contributed by atoms with Gasteiger partial charge in [0.2, 0.25) is 6.79 Å². The Morgan fingerprint density at radius 1 is 1.35 bits per heavy atom. The molecule has 0 saturated heterocycles. The van der Waals surface area contributed by atoms with Crippen LogP contribution < -0.4 is 14.8 Å². The number of aromatic nitrogens is 1. The van der Waals surface area contributed by atoms with E-state index in [1.165, 1.54) is 4.88 Å². The van der Waals surface area contributed by atoms with E-state index in [1.807, 2.05) is 30.8 Å². The highest BCUT2D eigenvalue weighted by atomic mass is 32.1. The van der Waals surface area contributed by atoms with E-state index in [0.717, 1.165) is 29.3 Å². The zero-order valence-corrected chi connectivity index (χ0v) is 10.2. The normalized spacial score (nSPS) is 13.0. The van der Waals surface area contributed by atoms with Crippen LogP contribution in [0.4, 0.5) is 0 Å². The molecule has 0 bridgehead atoms. The maximum Gasteiger partial charge on any atom is 0.231 e. The topological polar surface area (TPSA) is 43.4 Å². The van der Waals surface area contributed by atoms with Gasteiger partial charge in [-0.3, -0.25) is 0 Å². The molecular weight excluding hydrogens is 236 g/mol. The summed E-state index contributed by atoms with van der Waals surface area (Å²) in [5.74, 6) is 1.62. The van der Waals surface area contributed by atoms with Crippen LogP contribution in [0.1, 0.15) is 5.69 Å². The monoisotopic (exact) mass is 248 g/mol. The van der Waals surface area contributed by atoms with E-state index in [4.69, 9.17) is 9.47 Å². The van der Waals surface area contributed by atoms with E-state index in [0.29, 0.717) is 6.79 Å². The van der Waals surface area contributed by atoms with Gasteiger partial charge >= 0.3 is 0 Å². The fraction of sp³-hybridized carbons (Fsp3) is 0.250. The van der Waals surface area contributed by atoms with Crippen molar-refractivity contribution in [3.05, 3.63) is 29.4 Å². The number of nitrogens with zero attached hydrogens (tertiary/aromatic N) is 1. The second-order valence-corrected chi connectivity index (χ2v) is 4.58. The van der Waals surface area contributed by atoms with Gasteiger partial charge in [-0.25, -0.2) is 4.98 Å². The largest absolute Gasteiger partial charge is 0.454 e. The molecule has 2 heterocycles. The van der Waals surface area contributed by atoms with E-state index < -0.39 is 0 Å². The van der Waals surface area contributed by atoms with Crippen LogP contribution in [-0.4, -0.2) is 18.8 Å². The molecular formula is C12H12N2O2S. The first-order valence-electron chi connectivity index (χ1n) is 5.35. The van der Waals surface area contributed by atoms with E-state index >= 15 is 0 Å². The maximum absolute atomic E-state index is 5.38. The van der Waals surface area contributed by atoms with Crippen LogP contribution in [-0.2, 0) is 6.54 Å². The number of ether oxygens (including phenoxy) is 2. The van der Waals surface area contributed by atoms with Crippen molar-refractivity contribution in [1.29, 1.82) is 0 Å². The third-order valence-corrected chi connectivity index (χ3v) is 3.54. The van der Waals surface area contributed by atoms with Gasteiger partial charge in [-0.2, -0.15) is 0 Å². The van der Waals surface area contributed by atoms with Crippen molar-refractivity contribution >= 4 is 11.3 Å². The Bertz CT molecular complexity index is 539. The van der Waals surface area contributed by atoms with Gasteiger partial charge in [0.05, 0.1) is 16.1 Å². The van der Waals surface area contributed by atoms with Crippen LogP contribution >= 0.6 is 11.3 Å². The highest BCUT2D eigenvalue weighted by molar-refractivity contribution is 7.13. The number of fused-ring (bicyclic) bond motifs is 1. The summed E-state index contributed by atoms with van der Waals surface area (Å²) in [7, 11) is 1.92. The molecule has 4 nitrogen and oxygen atoms in total. The third-order valence-electron chi connectivity index (χ3n) is 2.62. The zero-order chi connectivity index (χ0) is 11.7. The van der Waals surface area contributed by atoms with Crippen molar-refractivity contribution in [1.82, 2.24) is 10.3 Å². The van der Waals surface area contributed by atoms with Gasteiger partial charge in [-0.05, 0) is 30.8 Å². The summed E-state index contributed by atoms with van der Waals surface area (Å²) < 4.78 is 10.7. The van der Waals surface area contributed by atoms with Crippen LogP contribution in [0.15, 0.2) is 23.7 Å². The van der Waals surface area contributed by atoms with Crippen LogP contribution in [0.25, 0.3) is 10.4 Å². The molecule has 0 fully saturated rings. The number of thiazole rings is 1. The predicted molar refractivity (Wildman–Crippen MR) is 66.4 cm³/mol. The summed E-state index contributed by atoms with van der Waals surface area (Å²) in [6.07, 6.45) is 0. The zero-order valence-electron chi connectivity index (χ0n) is 9.40. The second-order valence-electron chi connectivity index (χ2n) is 3.73. The van der Waals surface area contributed by atoms with Gasteiger partial charge in [-0.15, -0.1) is 11.3 Å². The standard InChI is InChI=1S/C12H12N2O2S/c1-13-5-9-12(17-6-14-9)8-2-3-10-11(4-8)16-7-15-10/h2-4,6,13H,5,7H2,1H3. The minimum Gasteiger partial charge on any atom is -0.454 e. The molecule has 0 atom stereocenters. The molecule has 0 unspecified atom stereocenters. The van der Waals surface area contributed by atoms with Crippen molar-refractivity contribution in [2.45, 2.75) is 6.54 Å². The van der Waals surface area contributed by atoms with Gasteiger partial charge in [-0.1, -0.05) is 0 Å². The number of rotatable bonds is 3. The molecule has 17 heavy (non-hydrogen) atoms. The lowest BCUT2D eigenvalue weighted by atomic mass is 10.1. The van der Waals surface area contributed by atoms with Crippen LogP contribution in [0, 0.1) is 0 Å². The third kappa shape index (κ3) is 1.87. The molecule has 88 valence electrons. The Kier molecular flexibility index (Phi) is 2.70. The first-order valence-corrected chi connectivity index (χ1v) is 6.23. The lowest BCUT2D eigenvalue weighted by Crippen LogP contribution is -2.06. The van der Waals surface area contributed by atoms with E-state index in [2.05, 4.69) is 10.3 Å². The van der Waals surface area contributed by atoms with E-state index in [1.54, 1.807) is 11.3 Å². The fourth-order valence-electron chi connectivity index (χ4n) is 1.84.